The second-order valence-corrected chi connectivity index (χ2v) is 7.75. The van der Waals surface area contributed by atoms with E-state index < -0.39 is 5.97 Å². The molecule has 2 aromatic heterocycles. The summed E-state index contributed by atoms with van der Waals surface area (Å²) in [6.45, 7) is -0.181. The number of nitrogens with one attached hydrogen (secondary N) is 1. The van der Waals surface area contributed by atoms with E-state index in [0.29, 0.717) is 21.5 Å². The molecule has 0 saturated heterocycles. The highest BCUT2D eigenvalue weighted by molar-refractivity contribution is 7.17. The third-order valence-corrected chi connectivity index (χ3v) is 6.07. The molecule has 8 heteroatoms. The van der Waals surface area contributed by atoms with Gasteiger partial charge in [-0.15, -0.1) is 11.3 Å². The summed E-state index contributed by atoms with van der Waals surface area (Å²) in [7, 11) is 1.33. The third-order valence-electron chi connectivity index (χ3n) is 4.86. The van der Waals surface area contributed by atoms with E-state index in [1.54, 1.807) is 24.3 Å². The van der Waals surface area contributed by atoms with Gasteiger partial charge in [0.05, 0.1) is 29.9 Å². The fourth-order valence-electron chi connectivity index (χ4n) is 3.51. The Labute approximate surface area is 165 Å². The van der Waals surface area contributed by atoms with Crippen LogP contribution in [0.1, 0.15) is 33.6 Å². The number of aromatic nitrogens is 2. The predicted octanol–water partition coefficient (Wildman–Crippen LogP) is 2.76. The number of ether oxygens (including phenoxy) is 1. The minimum absolute atomic E-state index is 0.181. The highest BCUT2D eigenvalue weighted by Gasteiger charge is 2.27. The van der Waals surface area contributed by atoms with Crippen molar-refractivity contribution in [2.45, 2.75) is 32.2 Å². The van der Waals surface area contributed by atoms with Crippen LogP contribution in [0, 0.1) is 0 Å². The van der Waals surface area contributed by atoms with Crippen molar-refractivity contribution >= 4 is 39.1 Å². The minimum atomic E-state index is -0.445. The zero-order valence-corrected chi connectivity index (χ0v) is 16.2. The fraction of sp³-hybridized carbons (Fsp3) is 0.300. The molecule has 0 aliphatic heterocycles. The van der Waals surface area contributed by atoms with Gasteiger partial charge in [0.1, 0.15) is 11.5 Å². The number of carbonyl (C=O) groups is 2. The Morgan fingerprint density at radius 3 is 2.86 bits per heavy atom. The van der Waals surface area contributed by atoms with Crippen molar-refractivity contribution in [1.82, 2.24) is 9.55 Å². The van der Waals surface area contributed by atoms with E-state index in [2.05, 4.69) is 10.3 Å². The number of carbonyl (C=O) groups excluding carboxylic acids is 2. The molecule has 1 aliphatic carbocycles. The number of hydrogen-bond donors (Lipinski definition) is 1. The summed E-state index contributed by atoms with van der Waals surface area (Å²) < 4.78 is 6.19. The first-order chi connectivity index (χ1) is 13.6. The third kappa shape index (κ3) is 3.31. The lowest BCUT2D eigenvalue weighted by Gasteiger charge is -2.12. The molecule has 144 valence electrons. The van der Waals surface area contributed by atoms with Gasteiger partial charge >= 0.3 is 5.97 Å². The number of rotatable bonds is 4. The van der Waals surface area contributed by atoms with Crippen LogP contribution in [-0.2, 0) is 28.9 Å². The topological polar surface area (TPSA) is 90.3 Å². The van der Waals surface area contributed by atoms with Gasteiger partial charge in [0, 0.05) is 4.88 Å². The van der Waals surface area contributed by atoms with E-state index in [0.717, 1.165) is 36.1 Å². The summed E-state index contributed by atoms with van der Waals surface area (Å²) in [5, 5.41) is 3.75. The van der Waals surface area contributed by atoms with Crippen molar-refractivity contribution in [3.05, 3.63) is 57.0 Å². The Hall–Kier alpha value is -3.00. The zero-order valence-electron chi connectivity index (χ0n) is 15.4. The monoisotopic (exact) mass is 397 g/mol. The average molecular weight is 397 g/mol. The van der Waals surface area contributed by atoms with Crippen molar-refractivity contribution in [2.24, 2.45) is 0 Å². The van der Waals surface area contributed by atoms with E-state index in [-0.39, 0.29) is 18.0 Å². The standard InChI is InChI=1S/C20H19N3O4S/c1-27-20(26)17-13-7-3-5-9-15(13)28-18(17)22-16(24)10-23-11-21-14-8-4-2-6-12(14)19(23)25/h2,4,6,8,11H,3,5,7,9-10H2,1H3,(H,22,24). The molecule has 1 aliphatic rings. The van der Waals surface area contributed by atoms with Crippen LogP contribution < -0.4 is 10.9 Å². The van der Waals surface area contributed by atoms with Crippen molar-refractivity contribution in [1.29, 1.82) is 0 Å². The molecule has 0 bridgehead atoms. The van der Waals surface area contributed by atoms with Gasteiger partial charge in [0.25, 0.3) is 5.56 Å². The van der Waals surface area contributed by atoms with Crippen LogP contribution in [0.25, 0.3) is 10.9 Å². The van der Waals surface area contributed by atoms with Crippen LogP contribution >= 0.6 is 11.3 Å². The molecule has 0 unspecified atom stereocenters. The van der Waals surface area contributed by atoms with Crippen molar-refractivity contribution in [3.8, 4) is 0 Å². The molecule has 7 nitrogen and oxygen atoms in total. The molecule has 0 atom stereocenters. The number of methoxy groups -OCH3 is 1. The number of benzene rings is 1. The molecule has 2 heterocycles. The Morgan fingerprint density at radius 2 is 2.04 bits per heavy atom. The lowest BCUT2D eigenvalue weighted by Crippen LogP contribution is -2.28. The first-order valence-electron chi connectivity index (χ1n) is 9.05. The Kier molecular flexibility index (Phi) is 4.95. The predicted molar refractivity (Wildman–Crippen MR) is 107 cm³/mol. The number of nitrogens with zero attached hydrogens (tertiary/aromatic N) is 2. The van der Waals surface area contributed by atoms with E-state index in [1.165, 1.54) is 29.3 Å². The number of fused-ring (bicyclic) bond motifs is 2. The molecule has 1 amide bonds. The molecule has 28 heavy (non-hydrogen) atoms. The Bertz CT molecular complexity index is 1130. The summed E-state index contributed by atoms with van der Waals surface area (Å²) in [6, 6.07) is 7.00. The SMILES string of the molecule is COC(=O)c1c(NC(=O)Cn2cnc3ccccc3c2=O)sc2c1CCCC2. The summed E-state index contributed by atoms with van der Waals surface area (Å²) in [6.07, 6.45) is 5.15. The van der Waals surface area contributed by atoms with Crippen LogP contribution in [0.5, 0.6) is 0 Å². The van der Waals surface area contributed by atoms with Crippen LogP contribution in [0.4, 0.5) is 5.00 Å². The van der Waals surface area contributed by atoms with Crippen LogP contribution in [0.2, 0.25) is 0 Å². The van der Waals surface area contributed by atoms with Crippen molar-refractivity contribution in [2.75, 3.05) is 12.4 Å². The molecule has 0 saturated carbocycles. The van der Waals surface area contributed by atoms with E-state index in [1.807, 2.05) is 0 Å². The first kappa shape index (κ1) is 18.4. The van der Waals surface area contributed by atoms with E-state index in [4.69, 9.17) is 4.74 Å². The van der Waals surface area contributed by atoms with Gasteiger partial charge in [0.15, 0.2) is 0 Å². The first-order valence-corrected chi connectivity index (χ1v) is 9.87. The highest BCUT2D eigenvalue weighted by atomic mass is 32.1. The smallest absolute Gasteiger partial charge is 0.341 e. The molecule has 0 radical (unpaired) electrons. The lowest BCUT2D eigenvalue weighted by molar-refractivity contribution is -0.116. The molecule has 1 aromatic carbocycles. The summed E-state index contributed by atoms with van der Waals surface area (Å²) in [5.41, 5.74) is 1.73. The number of anilines is 1. The van der Waals surface area contributed by atoms with E-state index in [9.17, 15) is 14.4 Å². The minimum Gasteiger partial charge on any atom is -0.465 e. The van der Waals surface area contributed by atoms with Gasteiger partial charge in [-0.3, -0.25) is 14.2 Å². The highest BCUT2D eigenvalue weighted by Crippen LogP contribution is 2.38. The normalized spacial score (nSPS) is 13.2. The van der Waals surface area contributed by atoms with Gasteiger partial charge < -0.3 is 10.1 Å². The van der Waals surface area contributed by atoms with Crippen molar-refractivity contribution in [3.63, 3.8) is 0 Å². The zero-order chi connectivity index (χ0) is 19.7. The molecule has 1 N–H and O–H groups in total. The van der Waals surface area contributed by atoms with Crippen LogP contribution in [0.3, 0.4) is 0 Å². The number of amides is 1. The molecule has 0 fully saturated rings. The van der Waals surface area contributed by atoms with Crippen molar-refractivity contribution < 1.29 is 14.3 Å². The number of hydrogen-bond acceptors (Lipinski definition) is 6. The summed E-state index contributed by atoms with van der Waals surface area (Å²) >= 11 is 1.42. The van der Waals surface area contributed by atoms with Gasteiger partial charge in [0.2, 0.25) is 5.91 Å². The maximum atomic E-state index is 12.6. The van der Waals surface area contributed by atoms with Crippen LogP contribution in [0.15, 0.2) is 35.4 Å². The average Bonchev–Trinajstić information content (AvgIpc) is 3.07. The van der Waals surface area contributed by atoms with Gasteiger partial charge in [-0.05, 0) is 43.4 Å². The lowest BCUT2D eigenvalue weighted by atomic mass is 9.95. The second kappa shape index (κ2) is 7.55. The summed E-state index contributed by atoms with van der Waals surface area (Å²) in [4.78, 5) is 42.8. The number of aryl methyl sites for hydroxylation is 1. The fourth-order valence-corrected chi connectivity index (χ4v) is 4.81. The summed E-state index contributed by atoms with van der Waals surface area (Å²) in [5.74, 6) is -0.831. The number of esters is 1. The Morgan fingerprint density at radius 1 is 1.25 bits per heavy atom. The Balaban J connectivity index is 1.61. The van der Waals surface area contributed by atoms with Crippen LogP contribution in [-0.4, -0.2) is 28.5 Å². The maximum Gasteiger partial charge on any atom is 0.341 e. The largest absolute Gasteiger partial charge is 0.465 e. The van der Waals surface area contributed by atoms with E-state index >= 15 is 0 Å². The van der Waals surface area contributed by atoms with Gasteiger partial charge in [-0.25, -0.2) is 9.78 Å². The molecule has 3 aromatic rings. The molecular weight excluding hydrogens is 378 g/mol. The quantitative estimate of drug-likeness (QED) is 0.684. The molecular formula is C20H19N3O4S. The maximum absolute atomic E-state index is 12.6. The number of thiophene rings is 1. The molecule has 0 spiro atoms. The van der Waals surface area contributed by atoms with Gasteiger partial charge in [-0.2, -0.15) is 0 Å². The second-order valence-electron chi connectivity index (χ2n) is 6.65. The number of para-hydroxylation sites is 1. The molecule has 4 rings (SSSR count). The van der Waals surface area contributed by atoms with Gasteiger partial charge in [-0.1, -0.05) is 12.1 Å².